The molecule has 1 fully saturated rings. The fourth-order valence-electron chi connectivity index (χ4n) is 4.23. The highest BCUT2D eigenvalue weighted by molar-refractivity contribution is 7.22. The third-order valence-electron chi connectivity index (χ3n) is 6.08. The van der Waals surface area contributed by atoms with Crippen LogP contribution in [0.4, 0.5) is 10.8 Å². The summed E-state index contributed by atoms with van der Waals surface area (Å²) in [6, 6.07) is 18.8. The lowest BCUT2D eigenvalue weighted by atomic mass is 9.95. The van der Waals surface area contributed by atoms with Gasteiger partial charge in [-0.3, -0.25) is 14.5 Å². The van der Waals surface area contributed by atoms with E-state index in [0.717, 1.165) is 15.9 Å². The number of benzene rings is 3. The number of para-hydroxylation sites is 1. The molecule has 1 aromatic heterocycles. The summed E-state index contributed by atoms with van der Waals surface area (Å²) in [7, 11) is 5.34. The summed E-state index contributed by atoms with van der Waals surface area (Å²) in [5, 5.41) is 12.0. The van der Waals surface area contributed by atoms with Crippen molar-refractivity contribution in [3.63, 3.8) is 0 Å². The van der Waals surface area contributed by atoms with Crippen molar-refractivity contribution in [2.24, 2.45) is 0 Å². The minimum Gasteiger partial charge on any atom is -0.507 e. The van der Waals surface area contributed by atoms with Crippen molar-refractivity contribution in [3.8, 4) is 5.75 Å². The zero-order chi connectivity index (χ0) is 25.6. The lowest BCUT2D eigenvalue weighted by Gasteiger charge is -2.23. The first kappa shape index (κ1) is 23.8. The van der Waals surface area contributed by atoms with E-state index in [1.54, 1.807) is 12.1 Å². The van der Waals surface area contributed by atoms with Gasteiger partial charge in [0.2, 0.25) is 0 Å². The second kappa shape index (κ2) is 9.29. The summed E-state index contributed by atoms with van der Waals surface area (Å²) in [6.45, 7) is 0. The second-order valence-electron chi connectivity index (χ2n) is 8.47. The summed E-state index contributed by atoms with van der Waals surface area (Å²) in [6.07, 6.45) is 0. The van der Waals surface area contributed by atoms with Crippen LogP contribution in [0, 0.1) is 0 Å². The van der Waals surface area contributed by atoms with Crippen LogP contribution in [-0.2, 0) is 9.59 Å². The van der Waals surface area contributed by atoms with Gasteiger partial charge in [-0.05, 0) is 48.0 Å². The van der Waals surface area contributed by atoms with Crippen LogP contribution in [0.2, 0.25) is 5.02 Å². The second-order valence-corrected chi connectivity index (χ2v) is 9.88. The monoisotopic (exact) mass is 519 g/mol. The summed E-state index contributed by atoms with van der Waals surface area (Å²) >= 11 is 7.60. The number of amides is 1. The van der Waals surface area contributed by atoms with E-state index in [4.69, 9.17) is 16.3 Å². The van der Waals surface area contributed by atoms with Gasteiger partial charge in [-0.2, -0.15) is 0 Å². The molecule has 1 amide bonds. The number of anilines is 2. The Morgan fingerprint density at radius 1 is 1.08 bits per heavy atom. The smallest absolute Gasteiger partial charge is 0.301 e. The summed E-state index contributed by atoms with van der Waals surface area (Å²) in [5.41, 5.74) is 2.62. The number of thiazole rings is 1. The molecule has 0 spiro atoms. The number of carbonyl (C=O) groups is 2. The highest BCUT2D eigenvalue weighted by atomic mass is 35.5. The molecule has 0 aliphatic carbocycles. The normalized spacial score (nSPS) is 17.1. The Labute approximate surface area is 216 Å². The van der Waals surface area contributed by atoms with E-state index in [-0.39, 0.29) is 16.4 Å². The van der Waals surface area contributed by atoms with Gasteiger partial charge in [-0.1, -0.05) is 47.2 Å². The number of aromatic nitrogens is 1. The van der Waals surface area contributed by atoms with Gasteiger partial charge < -0.3 is 14.7 Å². The Morgan fingerprint density at radius 3 is 2.44 bits per heavy atom. The lowest BCUT2D eigenvalue weighted by Crippen LogP contribution is -2.29. The van der Waals surface area contributed by atoms with Gasteiger partial charge in [0.1, 0.15) is 11.5 Å². The molecule has 0 bridgehead atoms. The van der Waals surface area contributed by atoms with E-state index in [2.05, 4.69) is 4.98 Å². The zero-order valence-electron chi connectivity index (χ0n) is 19.7. The van der Waals surface area contributed by atoms with E-state index in [0.29, 0.717) is 22.0 Å². The minimum atomic E-state index is -0.873. The van der Waals surface area contributed by atoms with E-state index in [1.165, 1.54) is 29.4 Å². The van der Waals surface area contributed by atoms with Crippen LogP contribution in [0.25, 0.3) is 16.0 Å². The van der Waals surface area contributed by atoms with Crippen molar-refractivity contribution in [2.45, 2.75) is 6.04 Å². The van der Waals surface area contributed by atoms with Crippen LogP contribution >= 0.6 is 22.9 Å². The molecule has 0 saturated carbocycles. The van der Waals surface area contributed by atoms with Crippen molar-refractivity contribution in [3.05, 3.63) is 88.5 Å². The van der Waals surface area contributed by atoms with Gasteiger partial charge in [0.15, 0.2) is 5.13 Å². The van der Waals surface area contributed by atoms with Crippen LogP contribution in [-0.4, -0.2) is 43.0 Å². The molecule has 1 aliphatic rings. The number of ether oxygens (including phenoxy) is 1. The molecule has 0 radical (unpaired) electrons. The van der Waals surface area contributed by atoms with Crippen molar-refractivity contribution in [1.29, 1.82) is 0 Å². The quantitative estimate of drug-likeness (QED) is 0.208. The molecule has 3 aromatic carbocycles. The van der Waals surface area contributed by atoms with Crippen LogP contribution < -0.4 is 14.5 Å². The lowest BCUT2D eigenvalue weighted by molar-refractivity contribution is -0.132. The number of fused-ring (bicyclic) bond motifs is 1. The third kappa shape index (κ3) is 3.98. The van der Waals surface area contributed by atoms with Crippen LogP contribution in [0.15, 0.2) is 72.3 Å². The molecule has 7 nitrogen and oxygen atoms in total. The maximum Gasteiger partial charge on any atom is 0.301 e. The molecule has 1 unspecified atom stereocenters. The number of methoxy groups -OCH3 is 1. The van der Waals surface area contributed by atoms with Gasteiger partial charge in [-0.15, -0.1) is 0 Å². The number of carbonyl (C=O) groups excluding carboxylic acids is 2. The van der Waals surface area contributed by atoms with E-state index in [9.17, 15) is 14.7 Å². The maximum absolute atomic E-state index is 13.4. The summed E-state index contributed by atoms with van der Waals surface area (Å²) in [5.74, 6) is -1.43. The predicted octanol–water partition coefficient (Wildman–Crippen LogP) is 5.65. The molecular formula is C27H22ClN3O4S. The number of hydrogen-bond donors (Lipinski definition) is 1. The Balaban J connectivity index is 1.71. The number of halogens is 1. The molecular weight excluding hydrogens is 498 g/mol. The average molecular weight is 520 g/mol. The van der Waals surface area contributed by atoms with Crippen molar-refractivity contribution < 1.29 is 19.4 Å². The molecule has 9 heteroatoms. The van der Waals surface area contributed by atoms with E-state index < -0.39 is 17.7 Å². The number of ketones is 1. The number of aliphatic hydroxyl groups is 1. The fourth-order valence-corrected chi connectivity index (χ4v) is 5.48. The predicted molar refractivity (Wildman–Crippen MR) is 143 cm³/mol. The van der Waals surface area contributed by atoms with Crippen LogP contribution in [0.5, 0.6) is 5.75 Å². The van der Waals surface area contributed by atoms with Crippen molar-refractivity contribution in [2.75, 3.05) is 31.0 Å². The van der Waals surface area contributed by atoms with Crippen molar-refractivity contribution >= 4 is 61.4 Å². The maximum atomic E-state index is 13.4. The number of hydrogen-bond acceptors (Lipinski definition) is 7. The first-order valence-corrected chi connectivity index (χ1v) is 12.3. The molecule has 1 aliphatic heterocycles. The van der Waals surface area contributed by atoms with E-state index >= 15 is 0 Å². The molecule has 36 heavy (non-hydrogen) atoms. The first-order valence-electron chi connectivity index (χ1n) is 11.1. The van der Waals surface area contributed by atoms with Gasteiger partial charge in [0.05, 0.1) is 34.0 Å². The summed E-state index contributed by atoms with van der Waals surface area (Å²) in [4.78, 5) is 34.7. The number of rotatable bonds is 5. The van der Waals surface area contributed by atoms with Gasteiger partial charge in [-0.25, -0.2) is 4.98 Å². The average Bonchev–Trinajstić information content (AvgIpc) is 3.42. The third-order valence-corrected chi connectivity index (χ3v) is 7.41. The van der Waals surface area contributed by atoms with Gasteiger partial charge in [0, 0.05) is 25.3 Å². The highest BCUT2D eigenvalue weighted by Gasteiger charge is 2.48. The largest absolute Gasteiger partial charge is 0.507 e. The first-order chi connectivity index (χ1) is 17.3. The van der Waals surface area contributed by atoms with Gasteiger partial charge >= 0.3 is 5.91 Å². The molecule has 4 aromatic rings. The Hall–Kier alpha value is -3.88. The Kier molecular flexibility index (Phi) is 6.15. The Morgan fingerprint density at radius 2 is 1.81 bits per heavy atom. The zero-order valence-corrected chi connectivity index (χ0v) is 21.3. The van der Waals surface area contributed by atoms with Crippen LogP contribution in [0.1, 0.15) is 17.2 Å². The van der Waals surface area contributed by atoms with Crippen molar-refractivity contribution in [1.82, 2.24) is 4.98 Å². The standard InChI is InChI=1S/C27H22ClN3O4S/c1-30(2)17-11-8-15(9-12-17)23-22(24(32)16-10-13-20(35-3)18(28)14-16)25(33)26(34)31(23)27-29-19-6-4-5-7-21(19)36-27/h4-14,23,32H,1-3H3/b24-22+. The molecule has 1 saturated heterocycles. The highest BCUT2D eigenvalue weighted by Crippen LogP contribution is 2.45. The number of nitrogens with zero attached hydrogens (tertiary/aromatic N) is 3. The number of aliphatic hydroxyl groups excluding tert-OH is 1. The molecule has 2 heterocycles. The van der Waals surface area contributed by atoms with Gasteiger partial charge in [0.25, 0.3) is 5.78 Å². The SMILES string of the molecule is COc1ccc(/C(O)=C2\C(=O)C(=O)N(c3nc4ccccc4s3)C2c2ccc(N(C)C)cc2)cc1Cl. The molecule has 182 valence electrons. The molecule has 1 atom stereocenters. The summed E-state index contributed by atoms with van der Waals surface area (Å²) < 4.78 is 6.09. The minimum absolute atomic E-state index is 0.0295. The molecule has 1 N–H and O–H groups in total. The van der Waals surface area contributed by atoms with Crippen LogP contribution in [0.3, 0.4) is 0 Å². The molecule has 5 rings (SSSR count). The topological polar surface area (TPSA) is 83.0 Å². The Bertz CT molecular complexity index is 1490. The number of Topliss-reactive ketones (excluding diaryl/α,β-unsaturated/α-hetero) is 1. The fraction of sp³-hybridized carbons (Fsp3) is 0.148. The van der Waals surface area contributed by atoms with E-state index in [1.807, 2.05) is 67.5 Å².